The molecule has 0 saturated carbocycles. The minimum absolute atomic E-state index is 0.0451. The Labute approximate surface area is 99.5 Å². The van der Waals surface area contributed by atoms with Gasteiger partial charge in [-0.25, -0.2) is 0 Å². The van der Waals surface area contributed by atoms with Crippen LogP contribution in [0.2, 0.25) is 0 Å². The van der Waals surface area contributed by atoms with E-state index in [9.17, 15) is 9.90 Å². The zero-order valence-corrected chi connectivity index (χ0v) is 11.2. The van der Waals surface area contributed by atoms with Gasteiger partial charge in [0.05, 0.1) is 26.2 Å². The molecule has 0 unspecified atom stereocenters. The van der Waals surface area contributed by atoms with Gasteiger partial charge in [0, 0.05) is 12.6 Å². The number of quaternary nitrogens is 1. The van der Waals surface area contributed by atoms with E-state index in [0.29, 0.717) is 6.42 Å². The minimum Gasteiger partial charge on any atom is -0.550 e. The summed E-state index contributed by atoms with van der Waals surface area (Å²) in [6, 6.07) is 0. The summed E-state index contributed by atoms with van der Waals surface area (Å²) in [4.78, 5) is 9.54. The van der Waals surface area contributed by atoms with Gasteiger partial charge in [-0.2, -0.15) is 0 Å². The van der Waals surface area contributed by atoms with E-state index >= 15 is 0 Å². The summed E-state index contributed by atoms with van der Waals surface area (Å²) >= 11 is 0. The predicted octanol–water partition coefficient (Wildman–Crippen LogP) is 0.392. The molecule has 0 spiro atoms. The first-order valence-electron chi connectivity index (χ1n) is 6.17. The van der Waals surface area contributed by atoms with E-state index in [0.717, 1.165) is 0 Å². The molecule has 0 bridgehead atoms. The van der Waals surface area contributed by atoms with Crippen molar-refractivity contribution in [1.29, 1.82) is 0 Å². The van der Waals surface area contributed by atoms with Crippen LogP contribution in [0.1, 0.15) is 40.5 Å². The first-order chi connectivity index (χ1) is 7.51. The van der Waals surface area contributed by atoms with Gasteiger partial charge in [0.1, 0.15) is 0 Å². The smallest absolute Gasteiger partial charge is 0.0757 e. The van der Waals surface area contributed by atoms with E-state index < -0.39 is 5.97 Å². The van der Waals surface area contributed by atoms with Crippen molar-refractivity contribution in [1.82, 2.24) is 0 Å². The highest BCUT2D eigenvalue weighted by molar-refractivity contribution is 5.64. The molecule has 0 aliphatic heterocycles. The highest BCUT2D eigenvalue weighted by atomic mass is 16.4. The normalized spacial score (nSPS) is 10.6. The third-order valence-electron chi connectivity index (χ3n) is 3.22. The van der Waals surface area contributed by atoms with Crippen LogP contribution in [0.5, 0.6) is 0 Å². The van der Waals surface area contributed by atoms with Crippen molar-refractivity contribution < 1.29 is 19.5 Å². The van der Waals surface area contributed by atoms with Gasteiger partial charge in [0.2, 0.25) is 0 Å². The van der Waals surface area contributed by atoms with Crippen LogP contribution in [-0.2, 0) is 4.79 Å². The van der Waals surface area contributed by atoms with Crippen molar-refractivity contribution in [2.24, 2.45) is 0 Å². The number of nitrogens with zero attached hydrogens (tertiary/aromatic N) is 1. The van der Waals surface area contributed by atoms with Gasteiger partial charge in [-0.1, -0.05) is 0 Å². The van der Waals surface area contributed by atoms with Crippen LogP contribution in [0.25, 0.3) is 0 Å². The molecule has 0 amide bonds. The molecule has 0 aromatic heterocycles. The zero-order valence-electron chi connectivity index (χ0n) is 11.2. The molecular weight excluding hydrogens is 206 g/mol. The van der Waals surface area contributed by atoms with E-state index in [2.05, 4.69) is 27.7 Å². The number of hydrogen-bond acceptors (Lipinski definition) is 3. The molecule has 0 heterocycles. The third kappa shape index (κ3) is 8.68. The number of aliphatic hydroxyl groups is 1. The Morgan fingerprint density at radius 1 is 1.06 bits per heavy atom. The zero-order chi connectivity index (χ0) is 13.0. The number of carbonyl (C=O) groups is 1. The number of carbonyl (C=O) groups excluding carboxylic acids is 1. The van der Waals surface area contributed by atoms with Crippen LogP contribution in [0.15, 0.2) is 0 Å². The maximum Gasteiger partial charge on any atom is 0.0757 e. The van der Waals surface area contributed by atoms with Crippen LogP contribution in [0.4, 0.5) is 0 Å². The van der Waals surface area contributed by atoms with Crippen LogP contribution in [0.3, 0.4) is 0 Å². The van der Waals surface area contributed by atoms with E-state index in [1.807, 2.05) is 0 Å². The second kappa shape index (κ2) is 10.9. The van der Waals surface area contributed by atoms with Crippen LogP contribution in [0, 0.1) is 0 Å². The van der Waals surface area contributed by atoms with Gasteiger partial charge in [-0.05, 0) is 40.5 Å². The molecule has 0 aromatic rings. The second-order valence-corrected chi connectivity index (χ2v) is 3.81. The lowest BCUT2D eigenvalue weighted by Crippen LogP contribution is -2.47. The Hall–Kier alpha value is -0.610. The number of carboxylic acids is 1. The molecule has 0 radical (unpaired) electrons. The molecule has 4 nitrogen and oxygen atoms in total. The van der Waals surface area contributed by atoms with Crippen molar-refractivity contribution >= 4 is 5.97 Å². The number of carboxylic acid groups (broad SMARTS) is 1. The summed E-state index contributed by atoms with van der Waals surface area (Å²) in [6.45, 7) is 14.1. The molecule has 1 N–H and O–H groups in total. The summed E-state index contributed by atoms with van der Waals surface area (Å²) < 4.78 is 1.28. The SMILES string of the molecule is CC[N+](CC)(CC)CC.O=C([O-])CCCO. The molecule has 0 aliphatic rings. The highest BCUT2D eigenvalue weighted by Gasteiger charge is 2.16. The van der Waals surface area contributed by atoms with Crippen molar-refractivity contribution in [2.75, 3.05) is 32.8 Å². The standard InChI is InChI=1S/C8H20N.C4H8O3/c1-5-9(6-2,7-3)8-4;5-3-1-2-4(6)7/h5-8H2,1-4H3;5H,1-3H2,(H,6,7)/q+1;/p-1. The fourth-order valence-corrected chi connectivity index (χ4v) is 1.57. The molecule has 98 valence electrons. The van der Waals surface area contributed by atoms with Crippen molar-refractivity contribution in [2.45, 2.75) is 40.5 Å². The largest absolute Gasteiger partial charge is 0.550 e. The summed E-state index contributed by atoms with van der Waals surface area (Å²) in [7, 11) is 0. The molecule has 0 fully saturated rings. The summed E-state index contributed by atoms with van der Waals surface area (Å²) in [6.07, 6.45) is 0.249. The van der Waals surface area contributed by atoms with Crippen molar-refractivity contribution in [3.05, 3.63) is 0 Å². The van der Waals surface area contributed by atoms with E-state index in [1.165, 1.54) is 30.7 Å². The second-order valence-electron chi connectivity index (χ2n) is 3.81. The predicted molar refractivity (Wildman–Crippen MR) is 63.8 cm³/mol. The molecule has 0 aliphatic carbocycles. The topological polar surface area (TPSA) is 60.4 Å². The molecule has 0 rings (SSSR count). The van der Waals surface area contributed by atoms with Gasteiger partial charge in [-0.15, -0.1) is 0 Å². The number of hydrogen-bond donors (Lipinski definition) is 1. The molecular formula is C12H27NO3. The highest BCUT2D eigenvalue weighted by Crippen LogP contribution is 2.03. The fraction of sp³-hybridized carbons (Fsp3) is 0.917. The first kappa shape index (κ1) is 17.8. The average molecular weight is 233 g/mol. The number of rotatable bonds is 7. The van der Waals surface area contributed by atoms with Gasteiger partial charge in [-0.3, -0.25) is 0 Å². The van der Waals surface area contributed by atoms with Crippen LogP contribution >= 0.6 is 0 Å². The number of aliphatic hydroxyl groups excluding tert-OH is 1. The van der Waals surface area contributed by atoms with Crippen molar-refractivity contribution in [3.63, 3.8) is 0 Å². The maximum absolute atomic E-state index is 9.54. The van der Waals surface area contributed by atoms with Gasteiger partial charge in [0.15, 0.2) is 0 Å². The summed E-state index contributed by atoms with van der Waals surface area (Å²) in [5, 5.41) is 17.6. The molecule has 16 heavy (non-hydrogen) atoms. The monoisotopic (exact) mass is 233 g/mol. The lowest BCUT2D eigenvalue weighted by atomic mass is 10.3. The molecule has 4 heteroatoms. The Balaban J connectivity index is 0. The van der Waals surface area contributed by atoms with Gasteiger partial charge >= 0.3 is 0 Å². The summed E-state index contributed by atoms with van der Waals surface area (Å²) in [5.74, 6) is -1.10. The molecule has 0 saturated heterocycles. The average Bonchev–Trinajstić information content (AvgIpc) is 2.31. The minimum atomic E-state index is -1.10. The summed E-state index contributed by atoms with van der Waals surface area (Å²) in [5.41, 5.74) is 0. The Morgan fingerprint density at radius 3 is 1.50 bits per heavy atom. The Kier molecular flexibility index (Phi) is 12.1. The fourth-order valence-electron chi connectivity index (χ4n) is 1.57. The molecule has 0 aromatic carbocycles. The van der Waals surface area contributed by atoms with Gasteiger partial charge < -0.3 is 19.5 Å². The Morgan fingerprint density at radius 2 is 1.44 bits per heavy atom. The quantitative estimate of drug-likeness (QED) is 0.647. The molecule has 0 atom stereocenters. The maximum atomic E-state index is 9.54. The van der Waals surface area contributed by atoms with E-state index in [-0.39, 0.29) is 13.0 Å². The lowest BCUT2D eigenvalue weighted by Gasteiger charge is -2.34. The first-order valence-corrected chi connectivity index (χ1v) is 6.17. The van der Waals surface area contributed by atoms with Gasteiger partial charge in [0.25, 0.3) is 0 Å². The van der Waals surface area contributed by atoms with Crippen molar-refractivity contribution in [3.8, 4) is 0 Å². The third-order valence-corrected chi connectivity index (χ3v) is 3.22. The Bertz CT molecular complexity index is 150. The van der Waals surface area contributed by atoms with Crippen LogP contribution < -0.4 is 5.11 Å². The lowest BCUT2D eigenvalue weighted by molar-refractivity contribution is -0.921. The van der Waals surface area contributed by atoms with E-state index in [4.69, 9.17) is 5.11 Å². The van der Waals surface area contributed by atoms with Crippen LogP contribution in [-0.4, -0.2) is 48.3 Å². The van der Waals surface area contributed by atoms with E-state index in [1.54, 1.807) is 0 Å². The number of aliphatic carboxylic acids is 1.